The zero-order chi connectivity index (χ0) is 13.2. The number of sulfonamides is 1. The van der Waals surface area contributed by atoms with Crippen LogP contribution in [-0.4, -0.2) is 43.1 Å². The minimum Gasteiger partial charge on any atom is -0.313 e. The van der Waals surface area contributed by atoms with Gasteiger partial charge in [0, 0.05) is 31.1 Å². The smallest absolute Gasteiger partial charge is 0.215 e. The molecule has 18 heavy (non-hydrogen) atoms. The molecular formula is C11H19N3O2S2. The van der Waals surface area contributed by atoms with Gasteiger partial charge in [0.15, 0.2) is 0 Å². The highest BCUT2D eigenvalue weighted by atomic mass is 32.2. The molecule has 0 amide bonds. The van der Waals surface area contributed by atoms with E-state index in [2.05, 4.69) is 10.3 Å². The molecule has 0 atom stereocenters. The number of aromatic nitrogens is 1. The quantitative estimate of drug-likeness (QED) is 0.812. The second-order valence-corrected chi connectivity index (χ2v) is 7.80. The summed E-state index contributed by atoms with van der Waals surface area (Å²) in [6.45, 7) is 2.86. The Balaban J connectivity index is 1.85. The number of nitrogens with one attached hydrogen (secondary N) is 1. The van der Waals surface area contributed by atoms with Crippen molar-refractivity contribution in [2.75, 3.05) is 19.3 Å². The average molecular weight is 289 g/mol. The van der Waals surface area contributed by atoms with E-state index in [4.69, 9.17) is 0 Å². The van der Waals surface area contributed by atoms with Crippen LogP contribution in [0.1, 0.15) is 23.4 Å². The van der Waals surface area contributed by atoms with Crippen LogP contribution in [0.3, 0.4) is 0 Å². The fourth-order valence-electron chi connectivity index (χ4n) is 1.61. The highest BCUT2D eigenvalue weighted by Gasteiger charge is 2.23. The topological polar surface area (TPSA) is 62.3 Å². The van der Waals surface area contributed by atoms with Crippen LogP contribution in [0.4, 0.5) is 0 Å². The van der Waals surface area contributed by atoms with E-state index >= 15 is 0 Å². The first kappa shape index (κ1) is 13.9. The van der Waals surface area contributed by atoms with Gasteiger partial charge in [-0.3, -0.25) is 0 Å². The lowest BCUT2D eigenvalue weighted by Gasteiger charge is -2.16. The van der Waals surface area contributed by atoms with Gasteiger partial charge in [0.25, 0.3) is 0 Å². The average Bonchev–Trinajstić information content (AvgIpc) is 3.03. The predicted octanol–water partition coefficient (Wildman–Crippen LogP) is 0.965. The van der Waals surface area contributed by atoms with E-state index in [-0.39, 0.29) is 5.75 Å². The van der Waals surface area contributed by atoms with E-state index in [0.29, 0.717) is 19.1 Å². The maximum atomic E-state index is 12.0. The number of nitrogens with zero attached hydrogens (tertiary/aromatic N) is 2. The van der Waals surface area contributed by atoms with Gasteiger partial charge >= 0.3 is 0 Å². The Hall–Kier alpha value is -0.500. The molecule has 1 aromatic heterocycles. The van der Waals surface area contributed by atoms with Crippen molar-refractivity contribution >= 4 is 21.4 Å². The normalized spacial score (nSPS) is 16.4. The largest absolute Gasteiger partial charge is 0.313 e. The molecule has 0 aliphatic heterocycles. The second kappa shape index (κ2) is 5.64. The summed E-state index contributed by atoms with van der Waals surface area (Å²) in [4.78, 5) is 5.14. The Kier molecular flexibility index (Phi) is 4.37. The molecule has 0 bridgehead atoms. The molecular weight excluding hydrogens is 270 g/mol. The number of rotatable bonds is 7. The van der Waals surface area contributed by atoms with Gasteiger partial charge in [-0.2, -0.15) is 4.31 Å². The molecule has 0 aromatic carbocycles. The van der Waals surface area contributed by atoms with Crippen molar-refractivity contribution in [1.82, 2.24) is 14.6 Å². The summed E-state index contributed by atoms with van der Waals surface area (Å²) >= 11 is 1.50. The minimum absolute atomic E-state index is 0.165. The Morgan fingerprint density at radius 3 is 2.83 bits per heavy atom. The maximum absolute atomic E-state index is 12.0. The van der Waals surface area contributed by atoms with Crippen molar-refractivity contribution in [3.63, 3.8) is 0 Å². The number of hydrogen-bond donors (Lipinski definition) is 1. The summed E-state index contributed by atoms with van der Waals surface area (Å²) in [7, 11) is -1.54. The third-order valence-electron chi connectivity index (χ3n) is 3.06. The molecule has 1 N–H and O–H groups in total. The second-order valence-electron chi connectivity index (χ2n) is 4.66. The van der Waals surface area contributed by atoms with Crippen molar-refractivity contribution in [1.29, 1.82) is 0 Å². The van der Waals surface area contributed by atoms with Crippen LogP contribution in [0.5, 0.6) is 0 Å². The zero-order valence-electron chi connectivity index (χ0n) is 10.7. The third kappa shape index (κ3) is 3.74. The first-order valence-electron chi connectivity index (χ1n) is 6.05. The molecule has 0 unspecified atom stereocenters. The summed E-state index contributed by atoms with van der Waals surface area (Å²) in [5, 5.41) is 3.22. The van der Waals surface area contributed by atoms with Gasteiger partial charge in [-0.15, -0.1) is 11.3 Å². The highest BCUT2D eigenvalue weighted by molar-refractivity contribution is 7.89. The van der Waals surface area contributed by atoms with E-state index in [0.717, 1.165) is 10.6 Å². The zero-order valence-corrected chi connectivity index (χ0v) is 12.4. The van der Waals surface area contributed by atoms with Gasteiger partial charge in [0.2, 0.25) is 10.0 Å². The molecule has 5 nitrogen and oxygen atoms in total. The van der Waals surface area contributed by atoms with Crippen molar-refractivity contribution in [2.24, 2.45) is 0 Å². The first-order chi connectivity index (χ1) is 8.49. The van der Waals surface area contributed by atoms with Crippen LogP contribution >= 0.6 is 11.3 Å². The van der Waals surface area contributed by atoms with Crippen LogP contribution < -0.4 is 5.32 Å². The summed E-state index contributed by atoms with van der Waals surface area (Å²) in [5.74, 6) is 0.165. The van der Waals surface area contributed by atoms with Crippen LogP contribution in [0.15, 0.2) is 5.51 Å². The fourth-order valence-corrected chi connectivity index (χ4v) is 3.54. The van der Waals surface area contributed by atoms with E-state index in [9.17, 15) is 8.42 Å². The monoisotopic (exact) mass is 289 g/mol. The molecule has 102 valence electrons. The van der Waals surface area contributed by atoms with E-state index in [1.807, 2.05) is 6.92 Å². The molecule has 1 heterocycles. The number of thiazole rings is 1. The molecule has 1 aromatic rings. The lowest BCUT2D eigenvalue weighted by molar-refractivity contribution is 0.467. The Morgan fingerprint density at radius 1 is 1.56 bits per heavy atom. The highest BCUT2D eigenvalue weighted by Crippen LogP contribution is 2.19. The molecule has 0 radical (unpaired) electrons. The summed E-state index contributed by atoms with van der Waals surface area (Å²) in [6.07, 6.45) is 2.35. The molecule has 7 heteroatoms. The van der Waals surface area contributed by atoms with Gasteiger partial charge in [-0.1, -0.05) is 0 Å². The minimum atomic E-state index is -3.17. The van der Waals surface area contributed by atoms with Gasteiger partial charge in [0.05, 0.1) is 17.0 Å². The Bertz CT molecular complexity index is 494. The standard InChI is InChI=1S/C11H19N3O2S2/c1-9-11(17-8-13-9)7-14(2)18(15,16)6-5-12-10-3-4-10/h8,10,12H,3-7H2,1-2H3. The predicted molar refractivity (Wildman–Crippen MR) is 73.1 cm³/mol. The summed E-state index contributed by atoms with van der Waals surface area (Å²) in [5.41, 5.74) is 2.66. The fraction of sp³-hybridized carbons (Fsp3) is 0.727. The van der Waals surface area contributed by atoms with E-state index in [1.165, 1.54) is 28.5 Å². The van der Waals surface area contributed by atoms with Crippen LogP contribution in [0.25, 0.3) is 0 Å². The molecule has 0 spiro atoms. The molecule has 1 saturated carbocycles. The van der Waals surface area contributed by atoms with Crippen LogP contribution in [0, 0.1) is 6.92 Å². The number of hydrogen-bond acceptors (Lipinski definition) is 5. The first-order valence-corrected chi connectivity index (χ1v) is 8.54. The molecule has 0 saturated heterocycles. The van der Waals surface area contributed by atoms with Crippen molar-refractivity contribution < 1.29 is 8.42 Å². The van der Waals surface area contributed by atoms with Gasteiger partial charge in [0.1, 0.15) is 0 Å². The summed E-state index contributed by atoms with van der Waals surface area (Å²) < 4.78 is 25.5. The van der Waals surface area contributed by atoms with Crippen molar-refractivity contribution in [3.8, 4) is 0 Å². The molecule has 1 fully saturated rings. The van der Waals surface area contributed by atoms with Gasteiger partial charge < -0.3 is 5.32 Å². The van der Waals surface area contributed by atoms with Crippen LogP contribution in [-0.2, 0) is 16.6 Å². The van der Waals surface area contributed by atoms with E-state index in [1.54, 1.807) is 12.6 Å². The number of aryl methyl sites for hydroxylation is 1. The van der Waals surface area contributed by atoms with E-state index < -0.39 is 10.0 Å². The van der Waals surface area contributed by atoms with Crippen molar-refractivity contribution in [3.05, 3.63) is 16.1 Å². The van der Waals surface area contributed by atoms with Crippen molar-refractivity contribution in [2.45, 2.75) is 32.4 Å². The summed E-state index contributed by atoms with van der Waals surface area (Å²) in [6, 6.07) is 0.550. The Morgan fingerprint density at radius 2 is 2.28 bits per heavy atom. The Labute approximate surface area is 112 Å². The lowest BCUT2D eigenvalue weighted by atomic mass is 10.4. The lowest BCUT2D eigenvalue weighted by Crippen LogP contribution is -2.33. The molecule has 1 aliphatic carbocycles. The molecule has 2 rings (SSSR count). The maximum Gasteiger partial charge on any atom is 0.215 e. The third-order valence-corrected chi connectivity index (χ3v) is 5.78. The molecule has 1 aliphatic rings. The van der Waals surface area contributed by atoms with Gasteiger partial charge in [-0.25, -0.2) is 13.4 Å². The van der Waals surface area contributed by atoms with Crippen LogP contribution in [0.2, 0.25) is 0 Å². The SMILES string of the molecule is Cc1ncsc1CN(C)S(=O)(=O)CCNC1CC1. The van der Waals surface area contributed by atoms with Gasteiger partial charge in [-0.05, 0) is 19.8 Å².